The van der Waals surface area contributed by atoms with E-state index >= 15 is 0 Å². The molecular formula is C18H24N4OS2. The van der Waals surface area contributed by atoms with Gasteiger partial charge in [0.1, 0.15) is 0 Å². The highest BCUT2D eigenvalue weighted by molar-refractivity contribution is 8.01. The van der Waals surface area contributed by atoms with E-state index in [0.29, 0.717) is 24.8 Å². The lowest BCUT2D eigenvalue weighted by atomic mass is 10.0. The minimum absolute atomic E-state index is 0.0135. The van der Waals surface area contributed by atoms with Gasteiger partial charge < -0.3 is 10.6 Å². The van der Waals surface area contributed by atoms with Crippen LogP contribution in [0.3, 0.4) is 0 Å². The molecule has 1 heterocycles. The molecule has 0 spiro atoms. The third-order valence-corrected chi connectivity index (χ3v) is 5.53. The Kier molecular flexibility index (Phi) is 7.94. The summed E-state index contributed by atoms with van der Waals surface area (Å²) in [6, 6.07) is 8.58. The number of carbonyl (C=O) groups is 1. The van der Waals surface area contributed by atoms with Gasteiger partial charge in [-0.25, -0.2) is 0 Å². The van der Waals surface area contributed by atoms with Crippen molar-refractivity contribution in [2.45, 2.75) is 30.5 Å². The molecule has 134 valence electrons. The third kappa shape index (κ3) is 6.88. The average molecular weight is 377 g/mol. The molecule has 5 nitrogen and oxygen atoms in total. The predicted molar refractivity (Wildman–Crippen MR) is 107 cm³/mol. The summed E-state index contributed by atoms with van der Waals surface area (Å²) in [4.78, 5) is 11.9. The summed E-state index contributed by atoms with van der Waals surface area (Å²) in [5.41, 5.74) is 2.57. The van der Waals surface area contributed by atoms with Crippen molar-refractivity contribution in [2.24, 2.45) is 0 Å². The first-order valence-corrected chi connectivity index (χ1v) is 10.0. The van der Waals surface area contributed by atoms with Crippen LogP contribution in [0.15, 0.2) is 41.3 Å². The van der Waals surface area contributed by atoms with Crippen LogP contribution in [0.5, 0.6) is 0 Å². The first-order valence-electron chi connectivity index (χ1n) is 8.25. The van der Waals surface area contributed by atoms with Crippen molar-refractivity contribution < 1.29 is 4.79 Å². The molecule has 0 radical (unpaired) electrons. The summed E-state index contributed by atoms with van der Waals surface area (Å²) in [6.45, 7) is 9.30. The topological polar surface area (TPSA) is 66.9 Å². The van der Waals surface area contributed by atoms with Gasteiger partial charge in [0.15, 0.2) is 4.34 Å². The van der Waals surface area contributed by atoms with Gasteiger partial charge in [-0.3, -0.25) is 4.79 Å². The van der Waals surface area contributed by atoms with Crippen molar-refractivity contribution in [3.05, 3.63) is 48.0 Å². The van der Waals surface area contributed by atoms with E-state index < -0.39 is 0 Å². The van der Waals surface area contributed by atoms with E-state index in [1.165, 1.54) is 34.2 Å². The number of amides is 1. The molecular weight excluding hydrogens is 352 g/mol. The number of carbonyl (C=O) groups excluding carboxylic acids is 1. The molecule has 1 aromatic carbocycles. The highest BCUT2D eigenvalue weighted by Gasteiger charge is 2.07. The Labute approximate surface area is 157 Å². The van der Waals surface area contributed by atoms with Crippen LogP contribution < -0.4 is 10.6 Å². The Morgan fingerprint density at radius 1 is 1.32 bits per heavy atom. The first kappa shape index (κ1) is 19.5. The van der Waals surface area contributed by atoms with Gasteiger partial charge >= 0.3 is 0 Å². The second-order valence-corrected chi connectivity index (χ2v) is 8.03. The fourth-order valence-electron chi connectivity index (χ4n) is 2.09. The molecule has 0 atom stereocenters. The highest BCUT2D eigenvalue weighted by Crippen LogP contribution is 2.25. The van der Waals surface area contributed by atoms with E-state index in [2.05, 4.69) is 65.5 Å². The normalized spacial score (nSPS) is 10.7. The summed E-state index contributed by atoms with van der Waals surface area (Å²) in [7, 11) is 0. The van der Waals surface area contributed by atoms with Crippen LogP contribution in [0.25, 0.3) is 0 Å². The minimum Gasteiger partial charge on any atom is -0.357 e. The molecule has 2 N–H and O–H groups in total. The molecule has 0 aliphatic carbocycles. The molecule has 1 amide bonds. The number of hydrogen-bond acceptors (Lipinski definition) is 6. The number of rotatable bonds is 10. The van der Waals surface area contributed by atoms with Gasteiger partial charge in [-0.15, -0.1) is 16.8 Å². The Hall–Kier alpha value is -1.86. The van der Waals surface area contributed by atoms with Crippen molar-refractivity contribution in [1.82, 2.24) is 15.5 Å². The molecule has 1 aromatic heterocycles. The molecule has 7 heteroatoms. The van der Waals surface area contributed by atoms with Gasteiger partial charge in [0.25, 0.3) is 0 Å². The average Bonchev–Trinajstić information content (AvgIpc) is 3.06. The van der Waals surface area contributed by atoms with Crippen LogP contribution in [0, 0.1) is 0 Å². The van der Waals surface area contributed by atoms with Crippen LogP contribution in [0.2, 0.25) is 0 Å². The number of nitrogens with one attached hydrogen (secondary N) is 2. The van der Waals surface area contributed by atoms with Crippen molar-refractivity contribution in [3.8, 4) is 0 Å². The molecule has 2 aromatic rings. The number of benzene rings is 1. The second-order valence-electron chi connectivity index (χ2n) is 5.83. The fourth-order valence-corrected chi connectivity index (χ4v) is 3.68. The number of anilines is 1. The van der Waals surface area contributed by atoms with Crippen molar-refractivity contribution >= 4 is 34.1 Å². The van der Waals surface area contributed by atoms with Gasteiger partial charge in [-0.05, 0) is 23.5 Å². The zero-order valence-electron chi connectivity index (χ0n) is 14.6. The second kappa shape index (κ2) is 10.2. The van der Waals surface area contributed by atoms with E-state index in [1.807, 2.05) is 0 Å². The fraction of sp³-hybridized carbons (Fsp3) is 0.389. The lowest BCUT2D eigenvalue weighted by Crippen LogP contribution is -2.27. The quantitative estimate of drug-likeness (QED) is 0.489. The number of aromatic nitrogens is 2. The maximum Gasteiger partial charge on any atom is 0.230 e. The van der Waals surface area contributed by atoms with Gasteiger partial charge in [0.2, 0.25) is 11.0 Å². The van der Waals surface area contributed by atoms with Crippen LogP contribution in [0.4, 0.5) is 5.13 Å². The Balaban J connectivity index is 1.66. The molecule has 0 bridgehead atoms. The predicted octanol–water partition coefficient (Wildman–Crippen LogP) is 3.71. The SMILES string of the molecule is C=CCNc1nnc(SCC(=O)NCCc2ccc(C(C)C)cc2)s1. The molecule has 0 fully saturated rings. The Morgan fingerprint density at radius 2 is 2.08 bits per heavy atom. The first-order chi connectivity index (χ1) is 12.1. The Morgan fingerprint density at radius 3 is 2.76 bits per heavy atom. The molecule has 0 aliphatic heterocycles. The zero-order chi connectivity index (χ0) is 18.1. The number of hydrogen-bond donors (Lipinski definition) is 2. The van der Waals surface area contributed by atoms with E-state index in [4.69, 9.17) is 0 Å². The summed E-state index contributed by atoms with van der Waals surface area (Å²) >= 11 is 2.84. The van der Waals surface area contributed by atoms with Crippen LogP contribution in [-0.4, -0.2) is 34.9 Å². The summed E-state index contributed by atoms with van der Waals surface area (Å²) < 4.78 is 0.783. The summed E-state index contributed by atoms with van der Waals surface area (Å²) in [5, 5.41) is 14.8. The monoisotopic (exact) mass is 376 g/mol. The number of nitrogens with zero attached hydrogens (tertiary/aromatic N) is 2. The molecule has 25 heavy (non-hydrogen) atoms. The van der Waals surface area contributed by atoms with Crippen molar-refractivity contribution in [1.29, 1.82) is 0 Å². The molecule has 2 rings (SSSR count). The molecule has 0 unspecified atom stereocenters. The van der Waals surface area contributed by atoms with E-state index in [9.17, 15) is 4.79 Å². The molecule has 0 saturated carbocycles. The standard InChI is InChI=1S/C18H24N4OS2/c1-4-10-20-17-21-22-18(25-17)24-12-16(23)19-11-9-14-5-7-15(8-6-14)13(2)3/h4-8,13H,1,9-12H2,2-3H3,(H,19,23)(H,20,21). The summed E-state index contributed by atoms with van der Waals surface area (Å²) in [5.74, 6) is 0.903. The largest absolute Gasteiger partial charge is 0.357 e. The van der Waals surface area contributed by atoms with E-state index in [1.54, 1.807) is 6.08 Å². The van der Waals surface area contributed by atoms with Gasteiger partial charge in [-0.1, -0.05) is 67.3 Å². The number of thioether (sulfide) groups is 1. The summed E-state index contributed by atoms with van der Waals surface area (Å²) in [6.07, 6.45) is 2.60. The van der Waals surface area contributed by atoms with Gasteiger partial charge in [-0.2, -0.15) is 0 Å². The van der Waals surface area contributed by atoms with Crippen molar-refractivity contribution in [2.75, 3.05) is 24.2 Å². The van der Waals surface area contributed by atoms with Crippen LogP contribution in [0.1, 0.15) is 30.9 Å². The maximum absolute atomic E-state index is 11.9. The smallest absolute Gasteiger partial charge is 0.230 e. The molecule has 0 aliphatic rings. The van der Waals surface area contributed by atoms with Crippen molar-refractivity contribution in [3.63, 3.8) is 0 Å². The minimum atomic E-state index is 0.0135. The van der Waals surface area contributed by atoms with E-state index in [-0.39, 0.29) is 5.91 Å². The van der Waals surface area contributed by atoms with Crippen LogP contribution in [-0.2, 0) is 11.2 Å². The van der Waals surface area contributed by atoms with Crippen LogP contribution >= 0.6 is 23.1 Å². The Bertz CT molecular complexity index is 683. The van der Waals surface area contributed by atoms with E-state index in [0.717, 1.165) is 15.9 Å². The van der Waals surface area contributed by atoms with Gasteiger partial charge in [0, 0.05) is 13.1 Å². The van der Waals surface area contributed by atoms with Gasteiger partial charge in [0.05, 0.1) is 5.75 Å². The lowest BCUT2D eigenvalue weighted by molar-refractivity contribution is -0.118. The lowest BCUT2D eigenvalue weighted by Gasteiger charge is -2.07. The zero-order valence-corrected chi connectivity index (χ0v) is 16.3. The highest BCUT2D eigenvalue weighted by atomic mass is 32.2. The molecule has 0 saturated heterocycles. The maximum atomic E-state index is 11.9. The third-order valence-electron chi connectivity index (χ3n) is 3.51.